The van der Waals surface area contributed by atoms with Gasteiger partial charge in [0, 0.05) is 45.3 Å². The molecule has 0 amide bonds. The normalized spacial score (nSPS) is 25.7. The summed E-state index contributed by atoms with van der Waals surface area (Å²) in [4.78, 5) is 2.17. The monoisotopic (exact) mass is 307 g/mol. The number of rotatable bonds is 5. The van der Waals surface area contributed by atoms with Crippen LogP contribution in [0.2, 0.25) is 0 Å². The number of hydrogen-bond acceptors (Lipinski definition) is 5. The Labute approximate surface area is 121 Å². The molecule has 0 unspecified atom stereocenters. The minimum absolute atomic E-state index is 0.132. The number of ether oxygens (including phenoxy) is 1. The van der Waals surface area contributed by atoms with Crippen LogP contribution in [-0.4, -0.2) is 92.2 Å². The first kappa shape index (κ1) is 16.1. The van der Waals surface area contributed by atoms with Crippen LogP contribution < -0.4 is 0 Å². The molecule has 2 heterocycles. The Hall–Kier alpha value is -0.250. The zero-order valence-electron chi connectivity index (χ0n) is 12.1. The summed E-state index contributed by atoms with van der Waals surface area (Å²) >= 11 is 0. The van der Waals surface area contributed by atoms with Gasteiger partial charge in [0.15, 0.2) is 0 Å². The topological polar surface area (TPSA) is 73.3 Å². The molecule has 2 rings (SSSR count). The first-order valence-electron chi connectivity index (χ1n) is 7.27. The lowest BCUT2D eigenvalue weighted by Gasteiger charge is -2.40. The molecule has 1 N–H and O–H groups in total. The number of nitrogens with zero attached hydrogens (tertiary/aromatic N) is 3. The van der Waals surface area contributed by atoms with E-state index in [2.05, 4.69) is 4.90 Å². The minimum atomic E-state index is -3.35. The van der Waals surface area contributed by atoms with Gasteiger partial charge in [-0.25, -0.2) is 0 Å². The number of hydrogen-bond donors (Lipinski definition) is 1. The van der Waals surface area contributed by atoms with Crippen LogP contribution in [0.3, 0.4) is 0 Å². The predicted molar refractivity (Wildman–Crippen MR) is 75.6 cm³/mol. The van der Waals surface area contributed by atoms with Crippen LogP contribution >= 0.6 is 0 Å². The van der Waals surface area contributed by atoms with Gasteiger partial charge in [-0.3, -0.25) is 4.90 Å². The van der Waals surface area contributed by atoms with Crippen LogP contribution in [0.15, 0.2) is 0 Å². The van der Waals surface area contributed by atoms with E-state index in [9.17, 15) is 13.5 Å². The van der Waals surface area contributed by atoms with E-state index >= 15 is 0 Å². The fourth-order valence-electron chi connectivity index (χ4n) is 2.74. The second-order valence-electron chi connectivity index (χ2n) is 5.20. The van der Waals surface area contributed by atoms with E-state index in [1.165, 1.54) is 4.31 Å². The third kappa shape index (κ3) is 3.49. The second-order valence-corrected chi connectivity index (χ2v) is 7.13. The predicted octanol–water partition coefficient (Wildman–Crippen LogP) is -1.05. The van der Waals surface area contributed by atoms with Crippen molar-refractivity contribution in [2.45, 2.75) is 19.4 Å². The largest absolute Gasteiger partial charge is 0.395 e. The SMILES string of the molecule is CC[C@@H](CO)N1CCN(S(=O)(=O)N2CCOCC2)CC1. The summed E-state index contributed by atoms with van der Waals surface area (Å²) in [6.07, 6.45) is 0.882. The van der Waals surface area contributed by atoms with Gasteiger partial charge in [0.25, 0.3) is 10.2 Å². The Bertz CT molecular complexity index is 386. The van der Waals surface area contributed by atoms with Crippen molar-refractivity contribution in [1.82, 2.24) is 13.5 Å². The van der Waals surface area contributed by atoms with Crippen molar-refractivity contribution < 1.29 is 18.3 Å². The van der Waals surface area contributed by atoms with E-state index in [-0.39, 0.29) is 12.6 Å². The van der Waals surface area contributed by atoms with Gasteiger partial charge < -0.3 is 9.84 Å². The molecule has 2 aliphatic heterocycles. The molecule has 1 atom stereocenters. The first-order valence-corrected chi connectivity index (χ1v) is 8.67. The lowest BCUT2D eigenvalue weighted by Crippen LogP contribution is -2.56. The van der Waals surface area contributed by atoms with Crippen molar-refractivity contribution in [3.8, 4) is 0 Å². The van der Waals surface area contributed by atoms with Crippen LogP contribution in [0, 0.1) is 0 Å². The Balaban J connectivity index is 1.92. The zero-order valence-corrected chi connectivity index (χ0v) is 12.9. The molecule has 0 saturated carbocycles. The van der Waals surface area contributed by atoms with E-state index in [4.69, 9.17) is 4.74 Å². The van der Waals surface area contributed by atoms with Gasteiger partial charge in [-0.15, -0.1) is 0 Å². The van der Waals surface area contributed by atoms with Gasteiger partial charge in [0.1, 0.15) is 0 Å². The maximum atomic E-state index is 12.5. The van der Waals surface area contributed by atoms with Gasteiger partial charge in [-0.2, -0.15) is 17.0 Å². The summed E-state index contributed by atoms with van der Waals surface area (Å²) in [6.45, 7) is 6.36. The molecule has 20 heavy (non-hydrogen) atoms. The van der Waals surface area contributed by atoms with Crippen LogP contribution in [0.4, 0.5) is 0 Å². The highest BCUT2D eigenvalue weighted by Gasteiger charge is 2.34. The molecule has 7 nitrogen and oxygen atoms in total. The lowest BCUT2D eigenvalue weighted by molar-refractivity contribution is 0.0636. The highest BCUT2D eigenvalue weighted by atomic mass is 32.2. The fourth-order valence-corrected chi connectivity index (χ4v) is 4.30. The molecule has 0 aromatic carbocycles. The molecule has 118 valence electrons. The van der Waals surface area contributed by atoms with Gasteiger partial charge in [0.2, 0.25) is 0 Å². The van der Waals surface area contributed by atoms with Gasteiger partial charge in [-0.05, 0) is 6.42 Å². The molecule has 0 spiro atoms. The van der Waals surface area contributed by atoms with E-state index < -0.39 is 10.2 Å². The molecule has 0 bridgehead atoms. The standard InChI is InChI=1S/C12H25N3O4S/c1-2-12(11-16)13-3-5-14(6-4-13)20(17,18)15-7-9-19-10-8-15/h12,16H,2-11H2,1H3/t12-/m0/s1. The van der Waals surface area contributed by atoms with E-state index in [0.29, 0.717) is 52.5 Å². The lowest BCUT2D eigenvalue weighted by atomic mass is 10.2. The Kier molecular flexibility index (Phi) is 5.76. The van der Waals surface area contributed by atoms with Crippen LogP contribution in [-0.2, 0) is 14.9 Å². The number of aliphatic hydroxyl groups is 1. The summed E-state index contributed by atoms with van der Waals surface area (Å²) < 4.78 is 33.2. The van der Waals surface area contributed by atoms with Gasteiger partial charge >= 0.3 is 0 Å². The van der Waals surface area contributed by atoms with Crippen LogP contribution in [0.25, 0.3) is 0 Å². The number of piperazine rings is 1. The minimum Gasteiger partial charge on any atom is -0.395 e. The molecule has 8 heteroatoms. The van der Waals surface area contributed by atoms with Crippen molar-refractivity contribution in [3.63, 3.8) is 0 Å². The molecule has 2 aliphatic rings. The average molecular weight is 307 g/mol. The molecular formula is C12H25N3O4S. The maximum absolute atomic E-state index is 12.5. The van der Waals surface area contributed by atoms with Gasteiger partial charge in [-0.1, -0.05) is 6.92 Å². The summed E-state index contributed by atoms with van der Waals surface area (Å²) in [5, 5.41) is 9.31. The third-order valence-corrected chi connectivity index (χ3v) is 6.13. The number of aliphatic hydroxyl groups excluding tert-OH is 1. The molecule has 0 aromatic heterocycles. The van der Waals surface area contributed by atoms with E-state index in [1.807, 2.05) is 6.92 Å². The maximum Gasteiger partial charge on any atom is 0.282 e. The highest BCUT2D eigenvalue weighted by Crippen LogP contribution is 2.16. The Morgan fingerprint density at radius 2 is 1.60 bits per heavy atom. The summed E-state index contributed by atoms with van der Waals surface area (Å²) in [5.41, 5.74) is 0. The molecule has 2 saturated heterocycles. The quantitative estimate of drug-likeness (QED) is 0.702. The Morgan fingerprint density at radius 1 is 1.05 bits per heavy atom. The van der Waals surface area contributed by atoms with Crippen molar-refractivity contribution in [1.29, 1.82) is 0 Å². The fraction of sp³-hybridized carbons (Fsp3) is 1.00. The summed E-state index contributed by atoms with van der Waals surface area (Å²) in [7, 11) is -3.35. The number of morpholine rings is 1. The smallest absolute Gasteiger partial charge is 0.282 e. The van der Waals surface area contributed by atoms with Gasteiger partial charge in [0.05, 0.1) is 19.8 Å². The molecule has 0 radical (unpaired) electrons. The molecular weight excluding hydrogens is 282 g/mol. The molecule has 0 aromatic rings. The van der Waals surface area contributed by atoms with Crippen LogP contribution in [0.1, 0.15) is 13.3 Å². The first-order chi connectivity index (χ1) is 9.59. The highest BCUT2D eigenvalue weighted by molar-refractivity contribution is 7.86. The van der Waals surface area contributed by atoms with Crippen molar-refractivity contribution >= 4 is 10.2 Å². The second kappa shape index (κ2) is 7.15. The van der Waals surface area contributed by atoms with Crippen molar-refractivity contribution in [3.05, 3.63) is 0 Å². The average Bonchev–Trinajstić information content (AvgIpc) is 2.50. The van der Waals surface area contributed by atoms with E-state index in [1.54, 1.807) is 4.31 Å². The molecule has 2 fully saturated rings. The van der Waals surface area contributed by atoms with Crippen molar-refractivity contribution in [2.24, 2.45) is 0 Å². The van der Waals surface area contributed by atoms with Crippen molar-refractivity contribution in [2.75, 3.05) is 59.1 Å². The zero-order chi connectivity index (χ0) is 14.6. The Morgan fingerprint density at radius 3 is 2.10 bits per heavy atom. The summed E-state index contributed by atoms with van der Waals surface area (Å²) in [5.74, 6) is 0. The van der Waals surface area contributed by atoms with E-state index in [0.717, 1.165) is 6.42 Å². The van der Waals surface area contributed by atoms with Crippen LogP contribution in [0.5, 0.6) is 0 Å². The third-order valence-electron chi connectivity index (χ3n) is 4.09. The molecule has 0 aliphatic carbocycles. The summed E-state index contributed by atoms with van der Waals surface area (Å²) in [6, 6.07) is 0.142.